The van der Waals surface area contributed by atoms with Crippen molar-refractivity contribution < 1.29 is 22.5 Å². The first kappa shape index (κ1) is 24.1. The van der Waals surface area contributed by atoms with Gasteiger partial charge in [-0.3, -0.25) is 9.79 Å². The highest BCUT2D eigenvalue weighted by Crippen LogP contribution is 2.36. The van der Waals surface area contributed by atoms with Crippen molar-refractivity contribution in [2.24, 2.45) is 10.7 Å². The van der Waals surface area contributed by atoms with Crippen molar-refractivity contribution in [2.75, 3.05) is 19.6 Å². The first-order valence-electron chi connectivity index (χ1n) is 9.81. The molecule has 1 aromatic carbocycles. The minimum Gasteiger partial charge on any atom is -0.402 e. The number of aromatic nitrogens is 1. The Balaban J connectivity index is 0.000000269. The number of nitrogens with zero attached hydrogens (tertiary/aromatic N) is 3. The number of aliphatic imine (C=N–C) groups is 1. The molecule has 0 fully saturated rings. The van der Waals surface area contributed by atoms with E-state index in [4.69, 9.17) is 28.9 Å². The Bertz CT molecular complexity index is 1060. The van der Waals surface area contributed by atoms with Crippen LogP contribution in [0.25, 0.3) is 0 Å². The first-order chi connectivity index (χ1) is 15.1. The molecule has 0 saturated carbocycles. The predicted octanol–water partition coefficient (Wildman–Crippen LogP) is 4.81. The third-order valence-corrected chi connectivity index (χ3v) is 5.79. The average Bonchev–Trinajstić information content (AvgIpc) is 3.06. The second-order valence-corrected chi connectivity index (χ2v) is 8.23. The lowest BCUT2D eigenvalue weighted by Crippen LogP contribution is -2.35. The molecular formula is C21H21Cl2F3N4O2. The van der Waals surface area contributed by atoms with E-state index in [1.54, 1.807) is 6.07 Å². The fraction of sp³-hybridized carbons (Fsp3) is 0.381. The summed E-state index contributed by atoms with van der Waals surface area (Å²) in [7, 11) is 0. The second kappa shape index (κ2) is 9.95. The first-order valence-corrected chi connectivity index (χ1v) is 10.6. The summed E-state index contributed by atoms with van der Waals surface area (Å²) in [6, 6.07) is 5.55. The van der Waals surface area contributed by atoms with Gasteiger partial charge in [0.15, 0.2) is 0 Å². The van der Waals surface area contributed by atoms with Gasteiger partial charge in [0.25, 0.3) is 0 Å². The smallest absolute Gasteiger partial charge is 0.402 e. The molecule has 1 aromatic heterocycles. The van der Waals surface area contributed by atoms with Crippen LogP contribution in [0.1, 0.15) is 35.4 Å². The third-order valence-electron chi connectivity index (χ3n) is 5.05. The van der Waals surface area contributed by atoms with E-state index >= 15 is 0 Å². The fourth-order valence-corrected chi connectivity index (χ4v) is 3.78. The molecule has 0 saturated heterocycles. The highest BCUT2D eigenvalue weighted by atomic mass is 35.5. The van der Waals surface area contributed by atoms with Crippen molar-refractivity contribution in [3.8, 4) is 0 Å². The van der Waals surface area contributed by atoms with Crippen LogP contribution in [0.4, 0.5) is 13.2 Å². The summed E-state index contributed by atoms with van der Waals surface area (Å²) in [6.45, 7) is 3.04. The van der Waals surface area contributed by atoms with Crippen LogP contribution in [0.5, 0.6) is 0 Å². The molecular weight excluding hydrogens is 468 g/mol. The monoisotopic (exact) mass is 488 g/mol. The number of hydrogen-bond acceptors (Lipinski definition) is 5. The van der Waals surface area contributed by atoms with Gasteiger partial charge in [0, 0.05) is 42.9 Å². The number of carbonyl (C=O) groups excluding carboxylic acids is 1. The largest absolute Gasteiger partial charge is 0.452 e. The molecule has 3 heterocycles. The SMILES string of the molecule is Cc1ccc(Cl)c(Cl)c1.NC1=C(C2=NCCCc3c2noc3C(F)(F)F)CN(C=O)CC1. The Morgan fingerprint density at radius 2 is 1.97 bits per heavy atom. The molecule has 0 aliphatic carbocycles. The molecule has 0 bridgehead atoms. The van der Waals surface area contributed by atoms with Gasteiger partial charge in [0.05, 0.1) is 15.8 Å². The minimum absolute atomic E-state index is 0.0114. The zero-order valence-corrected chi connectivity index (χ0v) is 18.7. The van der Waals surface area contributed by atoms with Crippen LogP contribution in [0.15, 0.2) is 39.0 Å². The summed E-state index contributed by atoms with van der Waals surface area (Å²) in [5.74, 6) is -1.08. The molecule has 1 amide bonds. The summed E-state index contributed by atoms with van der Waals surface area (Å²) in [6.07, 6.45) is -2.81. The van der Waals surface area contributed by atoms with Crippen LogP contribution in [0.2, 0.25) is 10.0 Å². The number of alkyl halides is 3. The topological polar surface area (TPSA) is 84.7 Å². The van der Waals surface area contributed by atoms with Crippen LogP contribution in [0, 0.1) is 6.92 Å². The number of carbonyl (C=O) groups is 1. The summed E-state index contributed by atoms with van der Waals surface area (Å²) < 4.78 is 43.7. The van der Waals surface area contributed by atoms with Crippen molar-refractivity contribution in [3.63, 3.8) is 0 Å². The summed E-state index contributed by atoms with van der Waals surface area (Å²) in [5.41, 5.74) is 8.60. The second-order valence-electron chi connectivity index (χ2n) is 7.42. The molecule has 2 aromatic rings. The molecule has 2 aliphatic heterocycles. The molecule has 0 atom stereocenters. The molecule has 0 spiro atoms. The van der Waals surface area contributed by atoms with Crippen molar-refractivity contribution in [2.45, 2.75) is 32.4 Å². The zero-order chi connectivity index (χ0) is 23.5. The fourth-order valence-electron chi connectivity index (χ4n) is 3.43. The van der Waals surface area contributed by atoms with Crippen molar-refractivity contribution in [1.82, 2.24) is 10.1 Å². The lowest BCUT2D eigenvalue weighted by atomic mass is 9.96. The molecule has 6 nitrogen and oxygen atoms in total. The minimum atomic E-state index is -4.60. The number of benzene rings is 1. The van der Waals surface area contributed by atoms with Crippen LogP contribution >= 0.6 is 23.2 Å². The van der Waals surface area contributed by atoms with Gasteiger partial charge in [-0.15, -0.1) is 0 Å². The van der Waals surface area contributed by atoms with E-state index in [1.165, 1.54) is 4.90 Å². The van der Waals surface area contributed by atoms with Gasteiger partial charge in [-0.05, 0) is 37.5 Å². The maximum absolute atomic E-state index is 13.0. The molecule has 2 aliphatic rings. The lowest BCUT2D eigenvalue weighted by Gasteiger charge is -2.26. The molecule has 0 radical (unpaired) electrons. The van der Waals surface area contributed by atoms with Gasteiger partial charge >= 0.3 is 6.18 Å². The normalized spacial score (nSPS) is 16.6. The Morgan fingerprint density at radius 3 is 2.59 bits per heavy atom. The molecule has 0 unspecified atom stereocenters. The maximum Gasteiger partial charge on any atom is 0.452 e. The molecule has 172 valence electrons. The van der Waals surface area contributed by atoms with Crippen LogP contribution in [0.3, 0.4) is 0 Å². The van der Waals surface area contributed by atoms with Gasteiger partial charge in [-0.1, -0.05) is 34.4 Å². The van der Waals surface area contributed by atoms with E-state index in [0.717, 1.165) is 5.56 Å². The summed E-state index contributed by atoms with van der Waals surface area (Å²) >= 11 is 11.3. The Kier molecular flexibility index (Phi) is 7.51. The average molecular weight is 489 g/mol. The van der Waals surface area contributed by atoms with Crippen molar-refractivity contribution in [1.29, 1.82) is 0 Å². The third kappa shape index (κ3) is 5.45. The van der Waals surface area contributed by atoms with E-state index in [0.29, 0.717) is 59.4 Å². The Labute approximate surface area is 192 Å². The number of halogens is 5. The number of aryl methyl sites for hydroxylation is 1. The number of hydrogen-bond donors (Lipinski definition) is 1. The standard InChI is InChI=1S/C14H15F3N4O2.C7H6Cl2/c15-14(16,17)13-8-2-1-4-19-11(12(8)20-23-13)9-6-21(7-22)5-3-10(9)18;1-5-2-3-6(8)7(9)4-5/h7H,1-6,18H2;2-4H,1H3. The lowest BCUT2D eigenvalue weighted by molar-refractivity contribution is -0.156. The van der Waals surface area contributed by atoms with Crippen LogP contribution in [-0.4, -0.2) is 41.8 Å². The number of rotatable bonds is 2. The quantitative estimate of drug-likeness (QED) is 0.614. The zero-order valence-electron chi connectivity index (χ0n) is 17.2. The highest BCUT2D eigenvalue weighted by molar-refractivity contribution is 6.42. The van der Waals surface area contributed by atoms with Crippen LogP contribution in [-0.2, 0) is 17.4 Å². The number of nitrogens with two attached hydrogens (primary N) is 1. The predicted molar refractivity (Wildman–Crippen MR) is 116 cm³/mol. The van der Waals surface area contributed by atoms with E-state index in [9.17, 15) is 18.0 Å². The Hall–Kier alpha value is -2.52. The number of fused-ring (bicyclic) bond motifs is 1. The van der Waals surface area contributed by atoms with E-state index in [1.807, 2.05) is 19.1 Å². The highest BCUT2D eigenvalue weighted by Gasteiger charge is 2.41. The molecule has 4 rings (SSSR count). The summed E-state index contributed by atoms with van der Waals surface area (Å²) in [4.78, 5) is 16.8. The Morgan fingerprint density at radius 1 is 1.22 bits per heavy atom. The van der Waals surface area contributed by atoms with E-state index in [-0.39, 0.29) is 24.2 Å². The van der Waals surface area contributed by atoms with E-state index < -0.39 is 11.9 Å². The molecule has 32 heavy (non-hydrogen) atoms. The molecule has 11 heteroatoms. The van der Waals surface area contributed by atoms with Gasteiger partial charge < -0.3 is 15.2 Å². The maximum atomic E-state index is 13.0. The van der Waals surface area contributed by atoms with Crippen molar-refractivity contribution in [3.05, 3.63) is 62.1 Å². The van der Waals surface area contributed by atoms with Gasteiger partial charge in [0.1, 0.15) is 5.69 Å². The number of amides is 1. The summed E-state index contributed by atoms with van der Waals surface area (Å²) in [5, 5.41) is 4.84. The van der Waals surface area contributed by atoms with Crippen molar-refractivity contribution >= 4 is 35.3 Å². The van der Waals surface area contributed by atoms with Gasteiger partial charge in [-0.25, -0.2) is 0 Å². The van der Waals surface area contributed by atoms with Crippen LogP contribution < -0.4 is 5.73 Å². The van der Waals surface area contributed by atoms with Gasteiger partial charge in [-0.2, -0.15) is 13.2 Å². The van der Waals surface area contributed by atoms with E-state index in [2.05, 4.69) is 14.7 Å². The molecule has 2 N–H and O–H groups in total. The van der Waals surface area contributed by atoms with Gasteiger partial charge in [0.2, 0.25) is 12.2 Å².